The summed E-state index contributed by atoms with van der Waals surface area (Å²) < 4.78 is 0. The van der Waals surface area contributed by atoms with E-state index in [1.807, 2.05) is 0 Å². The molecule has 9 atom stereocenters. The Morgan fingerprint density at radius 3 is 1.67 bits per heavy atom. The average molecular weight is 163 g/mol. The monoisotopic (exact) mass is 163 g/mol. The fraction of sp³-hybridized carbons (Fsp3) is 1.00. The van der Waals surface area contributed by atoms with E-state index < -0.39 is 5.60 Å². The van der Waals surface area contributed by atoms with Gasteiger partial charge in [0, 0.05) is 6.54 Å². The summed E-state index contributed by atoms with van der Waals surface area (Å²) in [6.45, 7) is 0.530. The van der Waals surface area contributed by atoms with Crippen LogP contribution in [0.15, 0.2) is 0 Å². The number of hydrogen-bond acceptors (Lipinski definition) is 2. The summed E-state index contributed by atoms with van der Waals surface area (Å²) in [7, 11) is 0. The highest BCUT2D eigenvalue weighted by Crippen LogP contribution is 2.96. The normalized spacial score (nSPS) is 89.5. The highest BCUT2D eigenvalue weighted by Gasteiger charge is 2.96. The van der Waals surface area contributed by atoms with Gasteiger partial charge >= 0.3 is 0 Å². The van der Waals surface area contributed by atoms with Gasteiger partial charge in [0.1, 0.15) is 0 Å². The Balaban J connectivity index is 1.77. The van der Waals surface area contributed by atoms with Crippen molar-refractivity contribution in [1.29, 1.82) is 0 Å². The Hall–Kier alpha value is -0.0800. The Bertz CT molecular complexity index is 269. The van der Waals surface area contributed by atoms with Crippen LogP contribution in [0, 0.1) is 47.3 Å². The van der Waals surface area contributed by atoms with Crippen LogP contribution in [-0.2, 0) is 0 Å². The Morgan fingerprint density at radius 2 is 1.33 bits per heavy atom. The topological polar surface area (TPSA) is 46.2 Å². The van der Waals surface area contributed by atoms with E-state index in [1.165, 1.54) is 0 Å². The van der Waals surface area contributed by atoms with Crippen LogP contribution in [0.1, 0.15) is 0 Å². The minimum absolute atomic E-state index is 0.395. The molecule has 0 aromatic heterocycles. The molecule has 6 rings (SSSR count). The molecule has 2 heteroatoms. The Labute approximate surface area is 71.1 Å². The lowest BCUT2D eigenvalue weighted by atomic mass is 9.20. The van der Waals surface area contributed by atoms with Crippen LogP contribution in [0.3, 0.4) is 0 Å². The maximum absolute atomic E-state index is 10.4. The predicted octanol–water partition coefficient (Wildman–Crippen LogP) is -0.326. The third-order valence-electron chi connectivity index (χ3n) is 6.25. The van der Waals surface area contributed by atoms with Crippen LogP contribution in [0.2, 0.25) is 0 Å². The van der Waals surface area contributed by atoms with Gasteiger partial charge in [0.15, 0.2) is 0 Å². The van der Waals surface area contributed by atoms with Gasteiger partial charge in [0.25, 0.3) is 0 Å². The second kappa shape index (κ2) is 1.12. The lowest BCUT2D eigenvalue weighted by Crippen LogP contribution is -2.81. The van der Waals surface area contributed by atoms with Gasteiger partial charge in [-0.3, -0.25) is 0 Å². The van der Waals surface area contributed by atoms with Crippen molar-refractivity contribution < 1.29 is 5.11 Å². The molecule has 3 N–H and O–H groups in total. The van der Waals surface area contributed by atoms with Crippen molar-refractivity contribution in [3.8, 4) is 0 Å². The number of aliphatic hydroxyl groups is 1. The number of rotatable bonds is 1. The molecule has 0 spiro atoms. The molecule has 0 aromatic carbocycles. The van der Waals surface area contributed by atoms with Crippen molar-refractivity contribution in [1.82, 2.24) is 0 Å². The van der Waals surface area contributed by atoms with E-state index in [9.17, 15) is 5.11 Å². The van der Waals surface area contributed by atoms with E-state index in [4.69, 9.17) is 5.73 Å². The molecule has 64 valence electrons. The maximum Gasteiger partial charge on any atom is 0.0836 e. The van der Waals surface area contributed by atoms with Crippen molar-refractivity contribution in [3.05, 3.63) is 0 Å². The minimum Gasteiger partial charge on any atom is -0.388 e. The lowest BCUT2D eigenvalue weighted by molar-refractivity contribution is -0.379. The molecule has 6 aliphatic carbocycles. The Kier molecular flexibility index (Phi) is 0.525. The minimum atomic E-state index is -0.395. The zero-order valence-corrected chi connectivity index (χ0v) is 6.85. The summed E-state index contributed by atoms with van der Waals surface area (Å²) in [5, 5.41) is 10.4. The average Bonchev–Trinajstić information content (AvgIpc) is 2.31. The van der Waals surface area contributed by atoms with Gasteiger partial charge < -0.3 is 10.8 Å². The van der Waals surface area contributed by atoms with Crippen LogP contribution in [-0.4, -0.2) is 17.3 Å². The summed E-state index contributed by atoms with van der Waals surface area (Å²) in [5.41, 5.74) is 5.32. The van der Waals surface area contributed by atoms with Gasteiger partial charge in [0.05, 0.1) is 5.60 Å². The number of nitrogens with two attached hydrogens (primary N) is 1. The first kappa shape index (κ1) is 5.61. The zero-order valence-electron chi connectivity index (χ0n) is 6.85. The largest absolute Gasteiger partial charge is 0.388 e. The molecule has 0 amide bonds. The molecule has 6 fully saturated rings. The summed E-state index contributed by atoms with van der Waals surface area (Å²) in [6, 6.07) is 0. The van der Waals surface area contributed by atoms with Gasteiger partial charge in [0.2, 0.25) is 0 Å². The summed E-state index contributed by atoms with van der Waals surface area (Å²) in [5.74, 6) is 7.18. The molecule has 12 heavy (non-hydrogen) atoms. The lowest BCUT2D eigenvalue weighted by Gasteiger charge is -2.84. The first-order valence-electron chi connectivity index (χ1n) is 5.23. The van der Waals surface area contributed by atoms with Crippen molar-refractivity contribution >= 4 is 0 Å². The Morgan fingerprint density at radius 1 is 0.917 bits per heavy atom. The van der Waals surface area contributed by atoms with Gasteiger partial charge in [-0.2, -0.15) is 0 Å². The highest BCUT2D eigenvalue weighted by atomic mass is 16.3. The van der Waals surface area contributed by atoms with Crippen molar-refractivity contribution in [2.45, 2.75) is 5.60 Å². The standard InChI is InChI=1S/C10H13NO/c11-1-10(12)8-4-2-3-6(4)9(10)7(3)5(2)8/h2-9,12H,1,11H2/t2?,3?,4-,5?,6+,7?,8?,9?,10?. The van der Waals surface area contributed by atoms with E-state index in [-0.39, 0.29) is 0 Å². The molecule has 6 saturated carbocycles. The summed E-state index contributed by atoms with van der Waals surface area (Å²) in [6.07, 6.45) is 0. The van der Waals surface area contributed by atoms with E-state index in [0.717, 1.165) is 35.5 Å². The first-order valence-corrected chi connectivity index (χ1v) is 5.23. The highest BCUT2D eigenvalue weighted by molar-refractivity contribution is 5.43. The van der Waals surface area contributed by atoms with Crippen LogP contribution < -0.4 is 5.73 Å². The van der Waals surface area contributed by atoms with Crippen molar-refractivity contribution in [2.24, 2.45) is 53.1 Å². The molecule has 0 aromatic rings. The van der Waals surface area contributed by atoms with Crippen LogP contribution in [0.4, 0.5) is 0 Å². The fourth-order valence-electron chi connectivity index (χ4n) is 6.24. The van der Waals surface area contributed by atoms with Gasteiger partial charge in [-0.05, 0) is 47.3 Å². The third kappa shape index (κ3) is 0.227. The van der Waals surface area contributed by atoms with Crippen molar-refractivity contribution in [2.75, 3.05) is 6.54 Å². The molecule has 0 radical (unpaired) electrons. The number of hydrogen-bond donors (Lipinski definition) is 2. The predicted molar refractivity (Wildman–Crippen MR) is 41.9 cm³/mol. The van der Waals surface area contributed by atoms with Crippen LogP contribution >= 0.6 is 0 Å². The molecular weight excluding hydrogens is 150 g/mol. The van der Waals surface area contributed by atoms with E-state index in [1.54, 1.807) is 0 Å². The summed E-state index contributed by atoms with van der Waals surface area (Å²) >= 11 is 0. The summed E-state index contributed by atoms with van der Waals surface area (Å²) in [4.78, 5) is 0. The molecule has 7 unspecified atom stereocenters. The molecule has 2 nitrogen and oxygen atoms in total. The molecule has 0 heterocycles. The van der Waals surface area contributed by atoms with Gasteiger partial charge in [-0.25, -0.2) is 0 Å². The van der Waals surface area contributed by atoms with E-state index >= 15 is 0 Å². The van der Waals surface area contributed by atoms with Crippen LogP contribution in [0.5, 0.6) is 0 Å². The first-order chi connectivity index (χ1) is 5.80. The second-order valence-corrected chi connectivity index (χ2v) is 5.71. The van der Waals surface area contributed by atoms with Crippen LogP contribution in [0.25, 0.3) is 0 Å². The van der Waals surface area contributed by atoms with Gasteiger partial charge in [-0.1, -0.05) is 0 Å². The molecule has 0 aliphatic heterocycles. The SMILES string of the molecule is NCC1(O)C2C3C4C5C3[C@H]2[C@@H]5C41. The smallest absolute Gasteiger partial charge is 0.0836 e. The third-order valence-corrected chi connectivity index (χ3v) is 6.25. The quantitative estimate of drug-likeness (QED) is 0.556. The second-order valence-electron chi connectivity index (χ2n) is 5.71. The van der Waals surface area contributed by atoms with Crippen molar-refractivity contribution in [3.63, 3.8) is 0 Å². The molecule has 0 saturated heterocycles. The molecule has 6 aliphatic rings. The van der Waals surface area contributed by atoms with E-state index in [0.29, 0.717) is 18.4 Å². The maximum atomic E-state index is 10.4. The molecular formula is C10H13NO. The van der Waals surface area contributed by atoms with E-state index in [2.05, 4.69) is 0 Å². The zero-order chi connectivity index (χ0) is 7.83. The van der Waals surface area contributed by atoms with Gasteiger partial charge in [-0.15, -0.1) is 0 Å². The molecule has 2 bridgehead atoms. The fourth-order valence-corrected chi connectivity index (χ4v) is 6.24.